The van der Waals surface area contributed by atoms with Crippen LogP contribution in [0.1, 0.15) is 175 Å². The van der Waals surface area contributed by atoms with Crippen LogP contribution < -0.4 is 0 Å². The molecule has 5 nitrogen and oxygen atoms in total. The summed E-state index contributed by atoms with van der Waals surface area (Å²) in [5.74, 6) is -1.75. The Labute approximate surface area is 235 Å². The predicted octanol–water partition coefficient (Wildman–Crippen LogP) is 8.25. The Bertz CT molecular complexity index is 564. The third kappa shape index (κ3) is 16.4. The number of carbonyl (C=O) groups excluding carboxylic acids is 2. The Kier molecular flexibility index (Phi) is 24.7. The summed E-state index contributed by atoms with van der Waals surface area (Å²) < 4.78 is 0. The Hall–Kier alpha value is -0.780. The number of rotatable bonds is 29. The second kappa shape index (κ2) is 25.2. The molecular weight excluding hydrogens is 476 g/mol. The van der Waals surface area contributed by atoms with E-state index in [1.807, 2.05) is 13.8 Å². The van der Waals surface area contributed by atoms with Crippen LogP contribution >= 0.6 is 0 Å². The minimum absolute atomic E-state index is 0.0579. The molecule has 38 heavy (non-hydrogen) atoms. The van der Waals surface area contributed by atoms with Crippen molar-refractivity contribution in [2.24, 2.45) is 5.92 Å². The molecule has 0 spiro atoms. The lowest BCUT2D eigenvalue weighted by Crippen LogP contribution is -2.59. The number of aliphatic hydroxyl groups is 3. The second-order valence-electron chi connectivity index (χ2n) is 11.6. The highest BCUT2D eigenvalue weighted by Crippen LogP contribution is 2.26. The molecule has 5 heteroatoms. The summed E-state index contributed by atoms with van der Waals surface area (Å²) in [5.41, 5.74) is -2.49. The zero-order chi connectivity index (χ0) is 28.5. The zero-order valence-corrected chi connectivity index (χ0v) is 25.5. The fraction of sp³-hybridized carbons (Fsp3) is 0.939. The summed E-state index contributed by atoms with van der Waals surface area (Å²) in [4.78, 5) is 25.8. The molecule has 0 saturated heterocycles. The Morgan fingerprint density at radius 2 is 0.974 bits per heavy atom. The van der Waals surface area contributed by atoms with Crippen molar-refractivity contribution in [3.05, 3.63) is 0 Å². The first-order chi connectivity index (χ1) is 18.4. The molecule has 3 N–H and O–H groups in total. The first-order valence-corrected chi connectivity index (χ1v) is 16.5. The monoisotopic (exact) mass is 540 g/mol. The van der Waals surface area contributed by atoms with Crippen LogP contribution in [0.3, 0.4) is 0 Å². The molecule has 0 aliphatic heterocycles. The number of ketones is 2. The number of Topliss-reactive ketones (excluding diaryl/α,β-unsaturated/α-hetero) is 2. The van der Waals surface area contributed by atoms with Gasteiger partial charge in [0.1, 0.15) is 6.10 Å². The van der Waals surface area contributed by atoms with Crippen molar-refractivity contribution in [3.63, 3.8) is 0 Å². The van der Waals surface area contributed by atoms with Gasteiger partial charge in [0.2, 0.25) is 5.60 Å². The van der Waals surface area contributed by atoms with E-state index in [1.54, 1.807) is 0 Å². The van der Waals surface area contributed by atoms with Gasteiger partial charge in [-0.15, -0.1) is 0 Å². The van der Waals surface area contributed by atoms with Crippen LogP contribution in [0.5, 0.6) is 0 Å². The molecule has 0 aromatic heterocycles. The van der Waals surface area contributed by atoms with Crippen molar-refractivity contribution < 1.29 is 24.9 Å². The largest absolute Gasteiger partial charge is 0.394 e. The van der Waals surface area contributed by atoms with Gasteiger partial charge < -0.3 is 15.3 Å². The van der Waals surface area contributed by atoms with Gasteiger partial charge in [0.25, 0.3) is 0 Å². The fourth-order valence-corrected chi connectivity index (χ4v) is 5.46. The summed E-state index contributed by atoms with van der Waals surface area (Å²) in [6.45, 7) is 5.34. The van der Waals surface area contributed by atoms with Crippen LogP contribution in [-0.2, 0) is 9.59 Å². The molecule has 0 heterocycles. The maximum atomic E-state index is 13.0. The van der Waals surface area contributed by atoms with E-state index in [-0.39, 0.29) is 6.42 Å². The van der Waals surface area contributed by atoms with E-state index in [9.17, 15) is 24.9 Å². The highest BCUT2D eigenvalue weighted by molar-refractivity contribution is 6.11. The molecule has 0 saturated carbocycles. The Balaban J connectivity index is 3.92. The molecule has 0 aromatic rings. The van der Waals surface area contributed by atoms with Gasteiger partial charge >= 0.3 is 0 Å². The molecule has 0 bridgehead atoms. The van der Waals surface area contributed by atoms with E-state index < -0.39 is 35.8 Å². The molecule has 0 aromatic carbocycles. The minimum Gasteiger partial charge on any atom is -0.394 e. The first-order valence-electron chi connectivity index (χ1n) is 16.5. The van der Waals surface area contributed by atoms with Crippen molar-refractivity contribution in [1.82, 2.24) is 0 Å². The number of unbranched alkanes of at least 4 members (excludes halogenated alkanes) is 19. The quantitative estimate of drug-likeness (QED) is 0.0656. The van der Waals surface area contributed by atoms with E-state index in [4.69, 9.17) is 0 Å². The standard InChI is InChI=1S/C33H64O5/c1-4-7-9-10-11-12-13-14-15-16-17-18-19-20-21-22-23-24-25-27-30(35)33(38,31(36)28-34)32(37)29(6-3)26-8-5-2/h29,31,34,36,38H,4-28H2,1-3H3. The van der Waals surface area contributed by atoms with Crippen molar-refractivity contribution in [2.75, 3.05) is 6.61 Å². The number of aliphatic hydroxyl groups excluding tert-OH is 2. The molecule has 0 aliphatic carbocycles. The molecule has 0 aliphatic rings. The van der Waals surface area contributed by atoms with Crippen molar-refractivity contribution in [3.8, 4) is 0 Å². The first kappa shape index (κ1) is 37.2. The molecule has 226 valence electrons. The van der Waals surface area contributed by atoms with Gasteiger partial charge in [-0.3, -0.25) is 9.59 Å². The average Bonchev–Trinajstić information content (AvgIpc) is 2.93. The predicted molar refractivity (Wildman–Crippen MR) is 159 cm³/mol. The normalized spacial score (nSPS) is 14.8. The maximum absolute atomic E-state index is 13.0. The lowest BCUT2D eigenvalue weighted by molar-refractivity contribution is -0.169. The van der Waals surface area contributed by atoms with Gasteiger partial charge in [0.15, 0.2) is 11.6 Å². The summed E-state index contributed by atoms with van der Waals surface area (Å²) in [6.07, 6.45) is 25.2. The topological polar surface area (TPSA) is 94.8 Å². The van der Waals surface area contributed by atoms with Gasteiger partial charge in [0.05, 0.1) is 6.61 Å². The second-order valence-corrected chi connectivity index (χ2v) is 11.6. The molecule has 0 rings (SSSR count). The summed E-state index contributed by atoms with van der Waals surface area (Å²) >= 11 is 0. The molecule has 0 fully saturated rings. The lowest BCUT2D eigenvalue weighted by atomic mass is 9.77. The molecule has 0 amide bonds. The SMILES string of the molecule is CCCCCCCCCCCCCCCCCCCCCC(=O)C(O)(C(=O)C(CC)CCCC)C(O)CO. The van der Waals surface area contributed by atoms with E-state index in [1.165, 1.54) is 96.3 Å². The molecule has 3 atom stereocenters. The number of hydrogen-bond acceptors (Lipinski definition) is 5. The lowest BCUT2D eigenvalue weighted by Gasteiger charge is -2.32. The maximum Gasteiger partial charge on any atom is 0.209 e. The van der Waals surface area contributed by atoms with Gasteiger partial charge in [-0.2, -0.15) is 0 Å². The van der Waals surface area contributed by atoms with Crippen LogP contribution in [0.2, 0.25) is 0 Å². The average molecular weight is 541 g/mol. The summed E-state index contributed by atoms with van der Waals surface area (Å²) in [6, 6.07) is 0. The Morgan fingerprint density at radius 1 is 0.605 bits per heavy atom. The summed E-state index contributed by atoms with van der Waals surface area (Å²) in [5, 5.41) is 30.6. The zero-order valence-electron chi connectivity index (χ0n) is 25.5. The van der Waals surface area contributed by atoms with E-state index in [0.29, 0.717) is 19.3 Å². The van der Waals surface area contributed by atoms with Crippen LogP contribution in [0.15, 0.2) is 0 Å². The fourth-order valence-electron chi connectivity index (χ4n) is 5.46. The summed E-state index contributed by atoms with van der Waals surface area (Å²) in [7, 11) is 0. The van der Waals surface area contributed by atoms with E-state index in [2.05, 4.69) is 6.92 Å². The van der Waals surface area contributed by atoms with Crippen LogP contribution in [0, 0.1) is 5.92 Å². The van der Waals surface area contributed by atoms with Crippen LogP contribution in [0.4, 0.5) is 0 Å². The highest BCUT2D eigenvalue weighted by atomic mass is 16.4. The highest BCUT2D eigenvalue weighted by Gasteiger charge is 2.50. The molecule has 3 unspecified atom stereocenters. The van der Waals surface area contributed by atoms with Gasteiger partial charge in [-0.25, -0.2) is 0 Å². The van der Waals surface area contributed by atoms with Crippen molar-refractivity contribution in [2.45, 2.75) is 187 Å². The Morgan fingerprint density at radius 3 is 1.32 bits per heavy atom. The smallest absolute Gasteiger partial charge is 0.209 e. The van der Waals surface area contributed by atoms with Crippen LogP contribution in [-0.4, -0.2) is 45.2 Å². The van der Waals surface area contributed by atoms with Gasteiger partial charge in [-0.05, 0) is 19.3 Å². The molecular formula is C33H64O5. The third-order valence-electron chi connectivity index (χ3n) is 8.23. The van der Waals surface area contributed by atoms with E-state index >= 15 is 0 Å². The van der Waals surface area contributed by atoms with Crippen molar-refractivity contribution >= 4 is 11.6 Å². The molecule has 0 radical (unpaired) electrons. The van der Waals surface area contributed by atoms with Crippen LogP contribution in [0.25, 0.3) is 0 Å². The third-order valence-corrected chi connectivity index (χ3v) is 8.23. The minimum atomic E-state index is -2.49. The van der Waals surface area contributed by atoms with Crippen molar-refractivity contribution in [1.29, 1.82) is 0 Å². The van der Waals surface area contributed by atoms with Gasteiger partial charge in [-0.1, -0.05) is 149 Å². The van der Waals surface area contributed by atoms with Gasteiger partial charge in [0, 0.05) is 12.3 Å². The number of hydrogen-bond donors (Lipinski definition) is 3. The van der Waals surface area contributed by atoms with E-state index in [0.717, 1.165) is 32.1 Å². The number of carbonyl (C=O) groups is 2.